The van der Waals surface area contributed by atoms with Crippen molar-refractivity contribution in [1.82, 2.24) is 0 Å². The SMILES string of the molecule is C=C(CCC)c1ccc(OCCOCC)cc1. The predicted molar refractivity (Wildman–Crippen MR) is 72.4 cm³/mol. The van der Waals surface area contributed by atoms with Crippen LogP contribution in [0.25, 0.3) is 5.57 Å². The van der Waals surface area contributed by atoms with Gasteiger partial charge >= 0.3 is 0 Å². The van der Waals surface area contributed by atoms with E-state index < -0.39 is 0 Å². The summed E-state index contributed by atoms with van der Waals surface area (Å²) in [6.45, 7) is 10.2. The van der Waals surface area contributed by atoms with Gasteiger partial charge in [0.2, 0.25) is 0 Å². The number of ether oxygens (including phenoxy) is 2. The monoisotopic (exact) mass is 234 g/mol. The number of allylic oxidation sites excluding steroid dienone is 1. The van der Waals surface area contributed by atoms with Crippen molar-refractivity contribution < 1.29 is 9.47 Å². The minimum absolute atomic E-state index is 0.600. The molecule has 0 aliphatic rings. The smallest absolute Gasteiger partial charge is 0.119 e. The number of hydrogen-bond donors (Lipinski definition) is 0. The summed E-state index contributed by atoms with van der Waals surface area (Å²) in [6, 6.07) is 8.10. The van der Waals surface area contributed by atoms with Crippen molar-refractivity contribution in [3.63, 3.8) is 0 Å². The average molecular weight is 234 g/mol. The van der Waals surface area contributed by atoms with Crippen LogP contribution < -0.4 is 4.74 Å². The van der Waals surface area contributed by atoms with Gasteiger partial charge in [-0.15, -0.1) is 0 Å². The Bertz CT molecular complexity index is 327. The van der Waals surface area contributed by atoms with E-state index in [9.17, 15) is 0 Å². The first-order valence-electron chi connectivity index (χ1n) is 6.26. The minimum atomic E-state index is 0.600. The first-order valence-corrected chi connectivity index (χ1v) is 6.26. The van der Waals surface area contributed by atoms with Crippen LogP contribution in [0.2, 0.25) is 0 Å². The van der Waals surface area contributed by atoms with Crippen molar-refractivity contribution >= 4 is 5.57 Å². The minimum Gasteiger partial charge on any atom is -0.491 e. The molecule has 0 aliphatic heterocycles. The van der Waals surface area contributed by atoms with Crippen molar-refractivity contribution in [3.8, 4) is 5.75 Å². The highest BCUT2D eigenvalue weighted by Crippen LogP contribution is 2.20. The summed E-state index contributed by atoms with van der Waals surface area (Å²) in [5, 5.41) is 0. The molecule has 17 heavy (non-hydrogen) atoms. The van der Waals surface area contributed by atoms with E-state index in [1.165, 1.54) is 11.1 Å². The number of benzene rings is 1. The van der Waals surface area contributed by atoms with E-state index in [4.69, 9.17) is 9.47 Å². The Kier molecular flexibility index (Phi) is 6.41. The maximum absolute atomic E-state index is 5.55. The molecule has 1 aromatic carbocycles. The second-order valence-electron chi connectivity index (χ2n) is 3.92. The quantitative estimate of drug-likeness (QED) is 0.635. The molecule has 0 saturated heterocycles. The molecule has 2 nitrogen and oxygen atoms in total. The van der Waals surface area contributed by atoms with Crippen molar-refractivity contribution in [3.05, 3.63) is 36.4 Å². The Balaban J connectivity index is 2.42. The standard InChI is InChI=1S/C15H22O2/c1-4-6-13(3)14-7-9-15(10-8-14)17-12-11-16-5-2/h7-10H,3-6,11-12H2,1-2H3. The van der Waals surface area contributed by atoms with Gasteiger partial charge in [0.05, 0.1) is 6.61 Å². The highest BCUT2D eigenvalue weighted by Gasteiger charge is 1.99. The maximum Gasteiger partial charge on any atom is 0.119 e. The molecule has 0 atom stereocenters. The summed E-state index contributed by atoms with van der Waals surface area (Å²) >= 11 is 0. The van der Waals surface area contributed by atoms with Crippen LogP contribution in [-0.2, 0) is 4.74 Å². The second-order valence-corrected chi connectivity index (χ2v) is 3.92. The second kappa shape index (κ2) is 7.91. The van der Waals surface area contributed by atoms with E-state index in [2.05, 4.69) is 25.6 Å². The molecule has 0 fully saturated rings. The van der Waals surface area contributed by atoms with Crippen LogP contribution in [0.3, 0.4) is 0 Å². The van der Waals surface area contributed by atoms with Gasteiger partial charge in [-0.05, 0) is 36.6 Å². The lowest BCUT2D eigenvalue weighted by Crippen LogP contribution is -2.06. The molecule has 0 unspecified atom stereocenters. The van der Waals surface area contributed by atoms with Gasteiger partial charge in [-0.25, -0.2) is 0 Å². The highest BCUT2D eigenvalue weighted by molar-refractivity contribution is 5.63. The molecule has 0 spiro atoms. The van der Waals surface area contributed by atoms with Crippen molar-refractivity contribution in [1.29, 1.82) is 0 Å². The first kappa shape index (κ1) is 13.8. The summed E-state index contributed by atoms with van der Waals surface area (Å²) in [4.78, 5) is 0. The zero-order valence-electron chi connectivity index (χ0n) is 10.9. The molecule has 1 aromatic rings. The molecule has 2 heteroatoms. The van der Waals surface area contributed by atoms with Gasteiger partial charge in [-0.3, -0.25) is 0 Å². The molecule has 0 aromatic heterocycles. The van der Waals surface area contributed by atoms with Crippen LogP contribution in [0.5, 0.6) is 5.75 Å². The predicted octanol–water partition coefficient (Wildman–Crippen LogP) is 3.92. The van der Waals surface area contributed by atoms with Gasteiger partial charge in [0, 0.05) is 6.61 Å². The Morgan fingerprint density at radius 3 is 2.41 bits per heavy atom. The fourth-order valence-electron chi connectivity index (χ4n) is 1.60. The lowest BCUT2D eigenvalue weighted by atomic mass is 10.0. The van der Waals surface area contributed by atoms with E-state index in [0.717, 1.165) is 25.2 Å². The Hall–Kier alpha value is -1.28. The van der Waals surface area contributed by atoms with E-state index >= 15 is 0 Å². The van der Waals surface area contributed by atoms with Crippen molar-refractivity contribution in [2.24, 2.45) is 0 Å². The molecular weight excluding hydrogens is 212 g/mol. The van der Waals surface area contributed by atoms with Crippen LogP contribution in [0.15, 0.2) is 30.8 Å². The third-order valence-corrected chi connectivity index (χ3v) is 2.51. The zero-order chi connectivity index (χ0) is 12.5. The molecule has 0 aliphatic carbocycles. The Labute approximate surface area is 104 Å². The first-order chi connectivity index (χ1) is 8.27. The summed E-state index contributed by atoms with van der Waals surface area (Å²) in [6.07, 6.45) is 2.18. The summed E-state index contributed by atoms with van der Waals surface area (Å²) in [5.41, 5.74) is 2.39. The van der Waals surface area contributed by atoms with E-state index in [0.29, 0.717) is 13.2 Å². The third-order valence-electron chi connectivity index (χ3n) is 2.51. The fraction of sp³-hybridized carbons (Fsp3) is 0.467. The Morgan fingerprint density at radius 2 is 1.82 bits per heavy atom. The average Bonchev–Trinajstić information content (AvgIpc) is 2.36. The van der Waals surface area contributed by atoms with Crippen molar-refractivity contribution in [2.45, 2.75) is 26.7 Å². The maximum atomic E-state index is 5.55. The van der Waals surface area contributed by atoms with Crippen molar-refractivity contribution in [2.75, 3.05) is 19.8 Å². The highest BCUT2D eigenvalue weighted by atomic mass is 16.5. The van der Waals surface area contributed by atoms with Gasteiger partial charge in [-0.2, -0.15) is 0 Å². The third kappa shape index (κ3) is 5.05. The van der Waals surface area contributed by atoms with E-state index in [1.54, 1.807) is 0 Å². The molecule has 94 valence electrons. The molecule has 0 amide bonds. The molecule has 0 heterocycles. The number of rotatable bonds is 8. The normalized spacial score (nSPS) is 10.2. The Morgan fingerprint density at radius 1 is 1.12 bits per heavy atom. The van der Waals surface area contributed by atoms with Gasteiger partial charge < -0.3 is 9.47 Å². The van der Waals surface area contributed by atoms with Gasteiger partial charge in [0.15, 0.2) is 0 Å². The molecular formula is C15H22O2. The van der Waals surface area contributed by atoms with E-state index in [1.807, 2.05) is 19.1 Å². The lowest BCUT2D eigenvalue weighted by molar-refractivity contribution is 0.110. The van der Waals surface area contributed by atoms with Crippen LogP contribution >= 0.6 is 0 Å². The fourth-order valence-corrected chi connectivity index (χ4v) is 1.60. The summed E-state index contributed by atoms with van der Waals surface area (Å²) in [7, 11) is 0. The molecule has 0 radical (unpaired) electrons. The van der Waals surface area contributed by atoms with Crippen LogP contribution in [0, 0.1) is 0 Å². The van der Waals surface area contributed by atoms with Gasteiger partial charge in [0.1, 0.15) is 12.4 Å². The van der Waals surface area contributed by atoms with Crippen LogP contribution in [-0.4, -0.2) is 19.8 Å². The van der Waals surface area contributed by atoms with Gasteiger partial charge in [0.25, 0.3) is 0 Å². The zero-order valence-corrected chi connectivity index (χ0v) is 10.9. The largest absolute Gasteiger partial charge is 0.491 e. The lowest BCUT2D eigenvalue weighted by Gasteiger charge is -2.08. The van der Waals surface area contributed by atoms with Gasteiger partial charge in [-0.1, -0.05) is 32.1 Å². The van der Waals surface area contributed by atoms with Crippen LogP contribution in [0.1, 0.15) is 32.3 Å². The summed E-state index contributed by atoms with van der Waals surface area (Å²) < 4.78 is 10.8. The summed E-state index contributed by atoms with van der Waals surface area (Å²) in [5.74, 6) is 0.887. The molecule has 1 rings (SSSR count). The van der Waals surface area contributed by atoms with Crippen LogP contribution in [0.4, 0.5) is 0 Å². The van der Waals surface area contributed by atoms with E-state index in [-0.39, 0.29) is 0 Å². The molecule has 0 bridgehead atoms. The molecule has 0 saturated carbocycles. The molecule has 0 N–H and O–H groups in total. The number of hydrogen-bond acceptors (Lipinski definition) is 2. The topological polar surface area (TPSA) is 18.5 Å².